The third kappa shape index (κ3) is 5.16. The first-order valence-corrected chi connectivity index (χ1v) is 11.9. The molecule has 1 saturated heterocycles. The summed E-state index contributed by atoms with van der Waals surface area (Å²) in [6, 6.07) is 15.3. The summed E-state index contributed by atoms with van der Waals surface area (Å²) in [6.07, 6.45) is 1.88. The molecule has 2 aromatic rings. The van der Waals surface area contributed by atoms with Gasteiger partial charge in [-0.2, -0.15) is 0 Å². The number of carbonyl (C=O) groups excluding carboxylic acids is 1. The van der Waals surface area contributed by atoms with Gasteiger partial charge in [-0.25, -0.2) is 0 Å². The van der Waals surface area contributed by atoms with Gasteiger partial charge in [-0.15, -0.1) is 0 Å². The Hall–Kier alpha value is -2.37. The summed E-state index contributed by atoms with van der Waals surface area (Å²) in [5, 5.41) is 3.77. The van der Waals surface area contributed by atoms with Crippen LogP contribution >= 0.6 is 0 Å². The molecule has 32 heavy (non-hydrogen) atoms. The van der Waals surface area contributed by atoms with E-state index in [-0.39, 0.29) is 11.8 Å². The van der Waals surface area contributed by atoms with E-state index in [1.807, 2.05) is 12.1 Å². The lowest BCUT2D eigenvalue weighted by Gasteiger charge is -2.35. The Morgan fingerprint density at radius 3 is 2.41 bits per heavy atom. The number of piperazine rings is 1. The first-order chi connectivity index (χ1) is 15.4. The molecule has 172 valence electrons. The minimum atomic E-state index is 0.0309. The summed E-state index contributed by atoms with van der Waals surface area (Å²) < 4.78 is 5.35. The Kier molecular flexibility index (Phi) is 7.17. The molecule has 2 aliphatic rings. The quantitative estimate of drug-likeness (QED) is 0.751. The van der Waals surface area contributed by atoms with Gasteiger partial charge in [-0.1, -0.05) is 35.9 Å². The standard InChI is InChI=1S/C27H37N3O2/c1-19-5-6-22(20(2)15-19)18-28-23-16-25(21-7-9-24(32-4)10-8-21)26(17-23)27(31)30-13-11-29(3)12-14-30/h5-10,15,23,25-26,28H,11-14,16-18H2,1-4H3/t23-,25+,26-/m0/s1. The third-order valence-electron chi connectivity index (χ3n) is 7.32. The van der Waals surface area contributed by atoms with E-state index in [0.717, 1.165) is 51.3 Å². The van der Waals surface area contributed by atoms with Gasteiger partial charge in [-0.05, 0) is 68.5 Å². The van der Waals surface area contributed by atoms with Crippen molar-refractivity contribution in [2.24, 2.45) is 5.92 Å². The van der Waals surface area contributed by atoms with Crippen molar-refractivity contribution in [3.05, 3.63) is 64.7 Å². The van der Waals surface area contributed by atoms with Crippen molar-refractivity contribution in [1.29, 1.82) is 0 Å². The fourth-order valence-electron chi connectivity index (χ4n) is 5.26. The lowest BCUT2D eigenvalue weighted by Crippen LogP contribution is -2.49. The van der Waals surface area contributed by atoms with Gasteiger partial charge in [0.15, 0.2) is 0 Å². The molecule has 0 spiro atoms. The topological polar surface area (TPSA) is 44.8 Å². The summed E-state index contributed by atoms with van der Waals surface area (Å²) in [5.74, 6) is 1.46. The SMILES string of the molecule is COc1ccc([C@H]2C[C@H](NCc3ccc(C)cc3C)C[C@@H]2C(=O)N2CCN(C)CC2)cc1. The van der Waals surface area contributed by atoms with Gasteiger partial charge in [0.05, 0.1) is 7.11 Å². The highest BCUT2D eigenvalue weighted by Gasteiger charge is 2.41. The molecule has 5 nitrogen and oxygen atoms in total. The summed E-state index contributed by atoms with van der Waals surface area (Å²) >= 11 is 0. The molecule has 1 amide bonds. The monoisotopic (exact) mass is 435 g/mol. The number of amides is 1. The van der Waals surface area contributed by atoms with Gasteiger partial charge in [0.2, 0.25) is 5.91 Å². The zero-order chi connectivity index (χ0) is 22.7. The number of benzene rings is 2. The molecule has 2 fully saturated rings. The van der Waals surface area contributed by atoms with Crippen molar-refractivity contribution in [2.45, 2.75) is 45.2 Å². The molecule has 1 heterocycles. The number of hydrogen-bond acceptors (Lipinski definition) is 4. The van der Waals surface area contributed by atoms with E-state index < -0.39 is 0 Å². The maximum atomic E-state index is 13.6. The average molecular weight is 436 g/mol. The number of nitrogens with one attached hydrogen (secondary N) is 1. The van der Waals surface area contributed by atoms with Crippen molar-refractivity contribution >= 4 is 5.91 Å². The van der Waals surface area contributed by atoms with Crippen molar-refractivity contribution in [2.75, 3.05) is 40.3 Å². The van der Waals surface area contributed by atoms with Crippen LogP contribution in [0.15, 0.2) is 42.5 Å². The smallest absolute Gasteiger partial charge is 0.226 e. The van der Waals surface area contributed by atoms with Crippen molar-refractivity contribution in [3.63, 3.8) is 0 Å². The summed E-state index contributed by atoms with van der Waals surface area (Å²) in [7, 11) is 3.82. The number of ether oxygens (including phenoxy) is 1. The van der Waals surface area contributed by atoms with E-state index in [2.05, 4.69) is 66.3 Å². The molecular weight excluding hydrogens is 398 g/mol. The van der Waals surface area contributed by atoms with Gasteiger partial charge < -0.3 is 19.9 Å². The van der Waals surface area contributed by atoms with Crippen LogP contribution in [0.25, 0.3) is 0 Å². The fourth-order valence-corrected chi connectivity index (χ4v) is 5.26. The van der Waals surface area contributed by atoms with Crippen LogP contribution in [0.4, 0.5) is 0 Å². The normalized spacial score (nSPS) is 24.0. The molecular formula is C27H37N3O2. The maximum absolute atomic E-state index is 13.6. The van der Waals surface area contributed by atoms with Crippen molar-refractivity contribution < 1.29 is 9.53 Å². The highest BCUT2D eigenvalue weighted by atomic mass is 16.5. The van der Waals surface area contributed by atoms with Crippen molar-refractivity contribution in [1.82, 2.24) is 15.1 Å². The summed E-state index contributed by atoms with van der Waals surface area (Å²) in [5.41, 5.74) is 5.20. The molecule has 0 bridgehead atoms. The Morgan fingerprint density at radius 2 is 1.75 bits per heavy atom. The summed E-state index contributed by atoms with van der Waals surface area (Å²) in [6.45, 7) is 8.75. The Balaban J connectivity index is 1.49. The predicted molar refractivity (Wildman–Crippen MR) is 129 cm³/mol. The van der Waals surface area contributed by atoms with E-state index in [9.17, 15) is 4.79 Å². The summed E-state index contributed by atoms with van der Waals surface area (Å²) in [4.78, 5) is 18.0. The molecule has 1 aliphatic heterocycles. The van der Waals surface area contributed by atoms with Crippen LogP contribution in [0.5, 0.6) is 5.75 Å². The van der Waals surface area contributed by atoms with Crippen LogP contribution in [-0.2, 0) is 11.3 Å². The van der Waals surface area contributed by atoms with Crippen molar-refractivity contribution in [3.8, 4) is 5.75 Å². The van der Waals surface area contributed by atoms with Gasteiger partial charge in [0.1, 0.15) is 5.75 Å². The number of rotatable bonds is 6. The van der Waals surface area contributed by atoms with Crippen LogP contribution < -0.4 is 10.1 Å². The highest BCUT2D eigenvalue weighted by molar-refractivity contribution is 5.80. The molecule has 2 aromatic carbocycles. The van der Waals surface area contributed by atoms with E-state index in [1.165, 1.54) is 22.3 Å². The first kappa shape index (κ1) is 22.8. The van der Waals surface area contributed by atoms with Crippen LogP contribution in [-0.4, -0.2) is 62.1 Å². The zero-order valence-corrected chi connectivity index (χ0v) is 19.9. The number of aryl methyl sites for hydroxylation is 2. The minimum absolute atomic E-state index is 0.0309. The highest BCUT2D eigenvalue weighted by Crippen LogP contribution is 2.41. The molecule has 1 saturated carbocycles. The molecule has 4 rings (SSSR count). The van der Waals surface area contributed by atoms with E-state index in [4.69, 9.17) is 4.74 Å². The van der Waals surface area contributed by atoms with Gasteiger partial charge >= 0.3 is 0 Å². The van der Waals surface area contributed by atoms with Crippen LogP contribution in [0.2, 0.25) is 0 Å². The molecule has 3 atom stereocenters. The molecule has 5 heteroatoms. The zero-order valence-electron chi connectivity index (χ0n) is 19.9. The number of nitrogens with zero attached hydrogens (tertiary/aromatic N) is 2. The largest absolute Gasteiger partial charge is 0.497 e. The predicted octanol–water partition coefficient (Wildman–Crippen LogP) is 3.74. The second kappa shape index (κ2) is 10.1. The van der Waals surface area contributed by atoms with Gasteiger partial charge in [-0.3, -0.25) is 4.79 Å². The molecule has 0 aromatic heterocycles. The number of likely N-dealkylation sites (N-methyl/N-ethyl adjacent to an activating group) is 1. The Labute approximate surface area is 192 Å². The van der Waals surface area contributed by atoms with Crippen LogP contribution in [0, 0.1) is 19.8 Å². The molecule has 0 unspecified atom stereocenters. The molecule has 1 N–H and O–H groups in total. The lowest BCUT2D eigenvalue weighted by atomic mass is 9.87. The lowest BCUT2D eigenvalue weighted by molar-refractivity contribution is -0.137. The number of hydrogen-bond donors (Lipinski definition) is 1. The van der Waals surface area contributed by atoms with E-state index >= 15 is 0 Å². The Morgan fingerprint density at radius 1 is 1.03 bits per heavy atom. The fraction of sp³-hybridized carbons (Fsp3) is 0.519. The average Bonchev–Trinajstić information content (AvgIpc) is 3.23. The molecule has 1 aliphatic carbocycles. The van der Waals surface area contributed by atoms with E-state index in [0.29, 0.717) is 11.9 Å². The number of carbonyl (C=O) groups is 1. The first-order valence-electron chi connectivity index (χ1n) is 11.9. The van der Waals surface area contributed by atoms with Gasteiger partial charge in [0.25, 0.3) is 0 Å². The second-order valence-electron chi connectivity index (χ2n) is 9.59. The second-order valence-corrected chi connectivity index (χ2v) is 9.59. The minimum Gasteiger partial charge on any atom is -0.497 e. The third-order valence-corrected chi connectivity index (χ3v) is 7.32. The van der Waals surface area contributed by atoms with Crippen LogP contribution in [0.3, 0.4) is 0 Å². The van der Waals surface area contributed by atoms with E-state index in [1.54, 1.807) is 7.11 Å². The maximum Gasteiger partial charge on any atom is 0.226 e. The molecule has 0 radical (unpaired) electrons. The van der Waals surface area contributed by atoms with Crippen LogP contribution in [0.1, 0.15) is 41.0 Å². The van der Waals surface area contributed by atoms with Gasteiger partial charge in [0, 0.05) is 44.7 Å². The Bertz CT molecular complexity index is 919. The number of methoxy groups -OCH3 is 1.